The summed E-state index contributed by atoms with van der Waals surface area (Å²) in [6.45, 7) is 3.57. The summed E-state index contributed by atoms with van der Waals surface area (Å²) in [6.07, 6.45) is 3.69. The quantitative estimate of drug-likeness (QED) is 0.613. The van der Waals surface area contributed by atoms with Gasteiger partial charge in [0.25, 0.3) is 0 Å². The molecule has 1 atom stereocenters. The highest BCUT2D eigenvalue weighted by Gasteiger charge is 2.21. The standard InChI is InChI=1S/C11H16N4O2/c1-8-4-6-13-11(10(8)15(16)17)14-9-3-2-5-12-7-9/h4,6,9,12H,2-3,5,7H2,1H3,(H,13,14). The number of pyridine rings is 1. The maximum absolute atomic E-state index is 11.0. The second-order valence-corrected chi connectivity index (χ2v) is 4.27. The molecule has 2 heterocycles. The van der Waals surface area contributed by atoms with Crippen LogP contribution in [0.4, 0.5) is 11.5 Å². The number of nitrogens with one attached hydrogen (secondary N) is 2. The average Bonchev–Trinajstić information content (AvgIpc) is 2.30. The third kappa shape index (κ3) is 2.71. The van der Waals surface area contributed by atoms with Crippen LogP contribution in [-0.2, 0) is 0 Å². The van der Waals surface area contributed by atoms with Crippen molar-refractivity contribution in [3.05, 3.63) is 27.9 Å². The van der Waals surface area contributed by atoms with Gasteiger partial charge in [0.1, 0.15) is 0 Å². The molecule has 1 aliphatic rings. The van der Waals surface area contributed by atoms with Crippen LogP contribution >= 0.6 is 0 Å². The summed E-state index contributed by atoms with van der Waals surface area (Å²) in [6, 6.07) is 1.87. The first-order chi connectivity index (χ1) is 8.18. The van der Waals surface area contributed by atoms with E-state index in [2.05, 4.69) is 15.6 Å². The summed E-state index contributed by atoms with van der Waals surface area (Å²) < 4.78 is 0. The summed E-state index contributed by atoms with van der Waals surface area (Å²) in [5.74, 6) is 0.378. The van der Waals surface area contributed by atoms with Crippen LogP contribution in [0.2, 0.25) is 0 Å². The van der Waals surface area contributed by atoms with Crippen molar-refractivity contribution in [2.24, 2.45) is 0 Å². The van der Waals surface area contributed by atoms with Crippen LogP contribution in [0.15, 0.2) is 12.3 Å². The monoisotopic (exact) mass is 236 g/mol. The average molecular weight is 236 g/mol. The van der Waals surface area contributed by atoms with Gasteiger partial charge >= 0.3 is 5.69 Å². The molecule has 17 heavy (non-hydrogen) atoms. The van der Waals surface area contributed by atoms with Crippen molar-refractivity contribution in [2.75, 3.05) is 18.4 Å². The first kappa shape index (κ1) is 11.8. The number of hydrogen-bond acceptors (Lipinski definition) is 5. The maximum Gasteiger partial charge on any atom is 0.314 e. The van der Waals surface area contributed by atoms with Crippen molar-refractivity contribution >= 4 is 11.5 Å². The zero-order chi connectivity index (χ0) is 12.3. The lowest BCUT2D eigenvalue weighted by Gasteiger charge is -2.24. The van der Waals surface area contributed by atoms with E-state index < -0.39 is 0 Å². The summed E-state index contributed by atoms with van der Waals surface area (Å²) >= 11 is 0. The fourth-order valence-corrected chi connectivity index (χ4v) is 2.05. The third-order valence-corrected chi connectivity index (χ3v) is 2.95. The Kier molecular flexibility index (Phi) is 3.53. The van der Waals surface area contributed by atoms with Crippen LogP contribution in [0, 0.1) is 17.0 Å². The topological polar surface area (TPSA) is 80.1 Å². The number of hydrogen-bond donors (Lipinski definition) is 2. The summed E-state index contributed by atoms with van der Waals surface area (Å²) in [7, 11) is 0. The number of anilines is 1. The van der Waals surface area contributed by atoms with Crippen molar-refractivity contribution in [1.29, 1.82) is 0 Å². The van der Waals surface area contributed by atoms with Gasteiger partial charge in [0.05, 0.1) is 4.92 Å². The van der Waals surface area contributed by atoms with E-state index in [-0.39, 0.29) is 16.7 Å². The molecule has 0 aliphatic carbocycles. The molecule has 1 aliphatic heterocycles. The van der Waals surface area contributed by atoms with Crippen molar-refractivity contribution in [3.63, 3.8) is 0 Å². The van der Waals surface area contributed by atoms with Gasteiger partial charge in [-0.15, -0.1) is 0 Å². The van der Waals surface area contributed by atoms with Crippen molar-refractivity contribution < 1.29 is 4.92 Å². The minimum absolute atomic E-state index is 0.0815. The summed E-state index contributed by atoms with van der Waals surface area (Å²) in [5.41, 5.74) is 0.717. The Morgan fingerprint density at radius 2 is 2.47 bits per heavy atom. The largest absolute Gasteiger partial charge is 0.360 e. The molecule has 1 saturated heterocycles. The molecule has 1 aromatic heterocycles. The highest BCUT2D eigenvalue weighted by atomic mass is 16.6. The normalized spacial score (nSPS) is 19.9. The number of piperidine rings is 1. The van der Waals surface area contributed by atoms with Crippen LogP contribution in [0.25, 0.3) is 0 Å². The number of nitro groups is 1. The van der Waals surface area contributed by atoms with E-state index >= 15 is 0 Å². The molecule has 0 amide bonds. The van der Waals surface area contributed by atoms with Crippen molar-refractivity contribution in [1.82, 2.24) is 10.3 Å². The fourth-order valence-electron chi connectivity index (χ4n) is 2.05. The van der Waals surface area contributed by atoms with Crippen molar-refractivity contribution in [2.45, 2.75) is 25.8 Å². The number of nitrogens with zero attached hydrogens (tertiary/aromatic N) is 2. The SMILES string of the molecule is Cc1ccnc(NC2CCCNC2)c1[N+](=O)[O-]. The molecular weight excluding hydrogens is 220 g/mol. The Labute approximate surface area is 99.6 Å². The van der Waals surface area contributed by atoms with Crippen LogP contribution in [-0.4, -0.2) is 29.0 Å². The molecule has 0 saturated carbocycles. The molecule has 0 aromatic carbocycles. The van der Waals surface area contributed by atoms with Gasteiger partial charge in [-0.2, -0.15) is 0 Å². The predicted molar refractivity (Wildman–Crippen MR) is 65.1 cm³/mol. The molecule has 92 valence electrons. The molecule has 2 N–H and O–H groups in total. The number of aryl methyl sites for hydroxylation is 1. The fraction of sp³-hybridized carbons (Fsp3) is 0.545. The molecule has 0 spiro atoms. The smallest absolute Gasteiger partial charge is 0.314 e. The van der Waals surface area contributed by atoms with E-state index in [4.69, 9.17) is 0 Å². The van der Waals surface area contributed by atoms with E-state index in [1.807, 2.05) is 0 Å². The second kappa shape index (κ2) is 5.09. The summed E-state index contributed by atoms with van der Waals surface area (Å²) in [5, 5.41) is 17.4. The lowest BCUT2D eigenvalue weighted by Crippen LogP contribution is -2.38. The van der Waals surface area contributed by atoms with Gasteiger partial charge < -0.3 is 10.6 Å². The molecule has 1 aromatic rings. The lowest BCUT2D eigenvalue weighted by atomic mass is 10.1. The minimum Gasteiger partial charge on any atom is -0.360 e. The molecule has 0 radical (unpaired) electrons. The van der Waals surface area contributed by atoms with E-state index in [9.17, 15) is 10.1 Å². The van der Waals surface area contributed by atoms with Crippen LogP contribution < -0.4 is 10.6 Å². The van der Waals surface area contributed by atoms with E-state index in [1.165, 1.54) is 0 Å². The second-order valence-electron chi connectivity index (χ2n) is 4.27. The Morgan fingerprint density at radius 1 is 1.65 bits per heavy atom. The predicted octanol–water partition coefficient (Wildman–Crippen LogP) is 1.46. The zero-order valence-electron chi connectivity index (χ0n) is 9.77. The first-order valence-electron chi connectivity index (χ1n) is 5.75. The van der Waals surface area contributed by atoms with Gasteiger partial charge in [-0.1, -0.05) is 0 Å². The van der Waals surface area contributed by atoms with Crippen LogP contribution in [0.5, 0.6) is 0 Å². The van der Waals surface area contributed by atoms with Gasteiger partial charge in [-0.25, -0.2) is 4.98 Å². The Bertz CT molecular complexity index is 416. The minimum atomic E-state index is -0.374. The molecule has 6 heteroatoms. The molecule has 2 rings (SSSR count). The number of aromatic nitrogens is 1. The van der Waals surface area contributed by atoms with Gasteiger partial charge in [0, 0.05) is 24.3 Å². The molecule has 6 nitrogen and oxygen atoms in total. The van der Waals surface area contributed by atoms with Crippen LogP contribution in [0.3, 0.4) is 0 Å². The van der Waals surface area contributed by atoms with Gasteiger partial charge in [0.15, 0.2) is 0 Å². The Balaban J connectivity index is 2.19. The summed E-state index contributed by atoms with van der Waals surface area (Å²) in [4.78, 5) is 14.7. The van der Waals surface area contributed by atoms with Gasteiger partial charge in [0.2, 0.25) is 5.82 Å². The third-order valence-electron chi connectivity index (χ3n) is 2.95. The van der Waals surface area contributed by atoms with Gasteiger partial charge in [-0.3, -0.25) is 10.1 Å². The van der Waals surface area contributed by atoms with Crippen LogP contribution in [0.1, 0.15) is 18.4 Å². The Hall–Kier alpha value is -1.69. The van der Waals surface area contributed by atoms with E-state index in [0.717, 1.165) is 25.9 Å². The molecule has 0 bridgehead atoms. The highest BCUT2D eigenvalue weighted by Crippen LogP contribution is 2.26. The highest BCUT2D eigenvalue weighted by molar-refractivity contribution is 5.60. The lowest BCUT2D eigenvalue weighted by molar-refractivity contribution is -0.384. The Morgan fingerprint density at radius 3 is 3.12 bits per heavy atom. The van der Waals surface area contributed by atoms with Gasteiger partial charge in [-0.05, 0) is 32.4 Å². The zero-order valence-corrected chi connectivity index (χ0v) is 9.77. The van der Waals surface area contributed by atoms with E-state index in [0.29, 0.717) is 11.4 Å². The van der Waals surface area contributed by atoms with E-state index in [1.54, 1.807) is 19.2 Å². The molecule has 1 fully saturated rings. The first-order valence-corrected chi connectivity index (χ1v) is 5.75. The maximum atomic E-state index is 11.0. The molecular formula is C11H16N4O2. The number of rotatable bonds is 3. The molecule has 1 unspecified atom stereocenters. The van der Waals surface area contributed by atoms with Crippen molar-refractivity contribution in [3.8, 4) is 0 Å².